The maximum Gasteiger partial charge on any atom is 0.0690 e. The van der Waals surface area contributed by atoms with Crippen molar-refractivity contribution in [2.24, 2.45) is 5.92 Å². The summed E-state index contributed by atoms with van der Waals surface area (Å²) in [4.78, 5) is 4.03. The van der Waals surface area contributed by atoms with Crippen LogP contribution in [-0.2, 0) is 6.54 Å². The van der Waals surface area contributed by atoms with Crippen molar-refractivity contribution in [2.75, 3.05) is 6.54 Å². The predicted molar refractivity (Wildman–Crippen MR) is 61.4 cm³/mol. The second-order valence-corrected chi connectivity index (χ2v) is 3.95. The van der Waals surface area contributed by atoms with Crippen molar-refractivity contribution in [1.29, 1.82) is 0 Å². The summed E-state index contributed by atoms with van der Waals surface area (Å²) in [5, 5.41) is 12.9. The highest BCUT2D eigenvalue weighted by atomic mass is 16.3. The fourth-order valence-corrected chi connectivity index (χ4v) is 1.34. The van der Waals surface area contributed by atoms with Crippen LogP contribution in [0.3, 0.4) is 0 Å². The highest BCUT2D eigenvalue weighted by molar-refractivity contribution is 5.07. The Bertz CT molecular complexity index is 264. The molecule has 15 heavy (non-hydrogen) atoms. The topological polar surface area (TPSA) is 45.1 Å². The van der Waals surface area contributed by atoms with Crippen molar-refractivity contribution >= 4 is 0 Å². The summed E-state index contributed by atoms with van der Waals surface area (Å²) in [7, 11) is 0. The third-order valence-corrected chi connectivity index (χ3v) is 2.71. The van der Waals surface area contributed by atoms with Crippen molar-refractivity contribution in [3.05, 3.63) is 30.1 Å². The van der Waals surface area contributed by atoms with Crippen LogP contribution in [0.5, 0.6) is 0 Å². The van der Waals surface area contributed by atoms with Gasteiger partial charge in [-0.2, -0.15) is 0 Å². The van der Waals surface area contributed by atoms with E-state index in [9.17, 15) is 5.11 Å². The molecule has 0 radical (unpaired) electrons. The number of hydrogen-bond acceptors (Lipinski definition) is 3. The van der Waals surface area contributed by atoms with Gasteiger partial charge in [-0.05, 0) is 17.5 Å². The molecule has 1 heterocycles. The van der Waals surface area contributed by atoms with E-state index in [0.717, 1.165) is 18.5 Å². The third kappa shape index (κ3) is 4.40. The minimum Gasteiger partial charge on any atom is -0.392 e. The van der Waals surface area contributed by atoms with Gasteiger partial charge in [0.25, 0.3) is 0 Å². The second kappa shape index (κ2) is 6.53. The minimum absolute atomic E-state index is 0.258. The first-order chi connectivity index (χ1) is 7.24. The number of pyridine rings is 1. The Morgan fingerprint density at radius 3 is 2.93 bits per heavy atom. The lowest BCUT2D eigenvalue weighted by Crippen LogP contribution is -2.31. The van der Waals surface area contributed by atoms with Crippen LogP contribution in [0.15, 0.2) is 24.5 Å². The predicted octanol–water partition coefficient (Wildman–Crippen LogP) is 1.58. The summed E-state index contributed by atoms with van der Waals surface area (Å²) in [5.74, 6) is 0.353. The molecule has 0 aromatic carbocycles. The fraction of sp³-hybridized carbons (Fsp3) is 0.583. The maximum atomic E-state index is 9.72. The van der Waals surface area contributed by atoms with Gasteiger partial charge in [-0.25, -0.2) is 0 Å². The van der Waals surface area contributed by atoms with E-state index in [2.05, 4.69) is 24.1 Å². The van der Waals surface area contributed by atoms with E-state index in [1.54, 1.807) is 6.20 Å². The van der Waals surface area contributed by atoms with Crippen LogP contribution < -0.4 is 5.32 Å². The zero-order chi connectivity index (χ0) is 11.1. The molecular formula is C12H20N2O. The van der Waals surface area contributed by atoms with Gasteiger partial charge in [-0.3, -0.25) is 4.98 Å². The monoisotopic (exact) mass is 208 g/mol. The van der Waals surface area contributed by atoms with Crippen molar-refractivity contribution in [3.63, 3.8) is 0 Å². The zero-order valence-corrected chi connectivity index (χ0v) is 9.48. The number of rotatable bonds is 6. The van der Waals surface area contributed by atoms with E-state index in [1.165, 1.54) is 0 Å². The third-order valence-electron chi connectivity index (χ3n) is 2.71. The lowest BCUT2D eigenvalue weighted by atomic mass is 10.0. The molecule has 2 N–H and O–H groups in total. The Morgan fingerprint density at radius 2 is 2.33 bits per heavy atom. The molecule has 2 atom stereocenters. The largest absolute Gasteiger partial charge is 0.392 e. The van der Waals surface area contributed by atoms with Gasteiger partial charge in [-0.15, -0.1) is 0 Å². The molecule has 3 heteroatoms. The SMILES string of the molecule is CCC(C)C(O)CNCc1cccnc1. The zero-order valence-electron chi connectivity index (χ0n) is 9.48. The number of aromatic nitrogens is 1. The second-order valence-electron chi connectivity index (χ2n) is 3.95. The first-order valence-corrected chi connectivity index (χ1v) is 5.51. The molecule has 0 fully saturated rings. The van der Waals surface area contributed by atoms with Gasteiger partial charge in [0.15, 0.2) is 0 Å². The van der Waals surface area contributed by atoms with Crippen molar-refractivity contribution in [1.82, 2.24) is 10.3 Å². The van der Waals surface area contributed by atoms with Crippen molar-refractivity contribution < 1.29 is 5.11 Å². The van der Waals surface area contributed by atoms with E-state index < -0.39 is 0 Å². The maximum absolute atomic E-state index is 9.72. The van der Waals surface area contributed by atoms with Gasteiger partial charge in [-0.1, -0.05) is 26.3 Å². The molecule has 0 aliphatic rings. The normalized spacial score (nSPS) is 14.9. The Hall–Kier alpha value is -0.930. The lowest BCUT2D eigenvalue weighted by Gasteiger charge is -2.17. The summed E-state index contributed by atoms with van der Waals surface area (Å²) >= 11 is 0. The van der Waals surface area contributed by atoms with Crippen LogP contribution in [0, 0.1) is 5.92 Å². The number of hydrogen-bond donors (Lipinski definition) is 2. The van der Waals surface area contributed by atoms with Crippen LogP contribution in [-0.4, -0.2) is 22.7 Å². The van der Waals surface area contributed by atoms with Crippen LogP contribution >= 0.6 is 0 Å². The quantitative estimate of drug-likeness (QED) is 0.746. The number of nitrogens with zero attached hydrogens (tertiary/aromatic N) is 1. The van der Waals surface area contributed by atoms with Gasteiger partial charge in [0.05, 0.1) is 6.10 Å². The average Bonchev–Trinajstić information content (AvgIpc) is 2.29. The molecule has 0 amide bonds. The number of aliphatic hydroxyl groups excluding tert-OH is 1. The van der Waals surface area contributed by atoms with Crippen LogP contribution in [0.4, 0.5) is 0 Å². The molecule has 0 aliphatic carbocycles. The van der Waals surface area contributed by atoms with Gasteiger partial charge < -0.3 is 10.4 Å². The first kappa shape index (κ1) is 12.1. The summed E-state index contributed by atoms with van der Waals surface area (Å²) in [5.41, 5.74) is 1.15. The van der Waals surface area contributed by atoms with Gasteiger partial charge in [0, 0.05) is 25.5 Å². The standard InChI is InChI=1S/C12H20N2O/c1-3-10(2)12(15)9-14-8-11-5-4-6-13-7-11/h4-7,10,12,14-15H,3,8-9H2,1-2H3. The summed E-state index contributed by atoms with van der Waals surface area (Å²) in [6, 6.07) is 3.94. The van der Waals surface area contributed by atoms with E-state index >= 15 is 0 Å². The molecule has 1 aromatic rings. The van der Waals surface area contributed by atoms with Gasteiger partial charge in [0.1, 0.15) is 0 Å². The van der Waals surface area contributed by atoms with E-state index in [-0.39, 0.29) is 6.10 Å². The molecule has 3 nitrogen and oxygen atoms in total. The van der Waals surface area contributed by atoms with Crippen LogP contribution in [0.2, 0.25) is 0 Å². The fourth-order valence-electron chi connectivity index (χ4n) is 1.34. The van der Waals surface area contributed by atoms with Gasteiger partial charge >= 0.3 is 0 Å². The highest BCUT2D eigenvalue weighted by Crippen LogP contribution is 2.06. The van der Waals surface area contributed by atoms with E-state index in [0.29, 0.717) is 12.5 Å². The Morgan fingerprint density at radius 1 is 1.53 bits per heavy atom. The smallest absolute Gasteiger partial charge is 0.0690 e. The molecular weight excluding hydrogens is 188 g/mol. The molecule has 0 saturated carbocycles. The molecule has 0 saturated heterocycles. The van der Waals surface area contributed by atoms with Crippen molar-refractivity contribution in [3.8, 4) is 0 Å². The Balaban J connectivity index is 2.22. The molecule has 2 unspecified atom stereocenters. The average molecular weight is 208 g/mol. The molecule has 0 spiro atoms. The Labute approximate surface area is 91.5 Å². The summed E-state index contributed by atoms with van der Waals surface area (Å²) in [6.07, 6.45) is 4.35. The van der Waals surface area contributed by atoms with Crippen LogP contribution in [0.1, 0.15) is 25.8 Å². The summed E-state index contributed by atoms with van der Waals surface area (Å²) in [6.45, 7) is 5.57. The van der Waals surface area contributed by atoms with E-state index in [1.807, 2.05) is 18.3 Å². The first-order valence-electron chi connectivity index (χ1n) is 5.51. The lowest BCUT2D eigenvalue weighted by molar-refractivity contribution is 0.113. The summed E-state index contributed by atoms with van der Waals surface area (Å²) < 4.78 is 0. The highest BCUT2D eigenvalue weighted by Gasteiger charge is 2.10. The van der Waals surface area contributed by atoms with Gasteiger partial charge in [0.2, 0.25) is 0 Å². The molecule has 1 aromatic heterocycles. The molecule has 0 aliphatic heterocycles. The molecule has 84 valence electrons. The Kier molecular flexibility index (Phi) is 5.29. The van der Waals surface area contributed by atoms with E-state index in [4.69, 9.17) is 0 Å². The molecule has 1 rings (SSSR count). The van der Waals surface area contributed by atoms with Crippen molar-refractivity contribution in [2.45, 2.75) is 32.9 Å². The number of aliphatic hydroxyl groups is 1. The minimum atomic E-state index is -0.258. The molecule has 0 bridgehead atoms. The van der Waals surface area contributed by atoms with Crippen LogP contribution in [0.25, 0.3) is 0 Å². The number of nitrogens with one attached hydrogen (secondary N) is 1.